The Balaban J connectivity index is 4.57. The maximum Gasteiger partial charge on any atom is 0.119 e. The van der Waals surface area contributed by atoms with E-state index in [0.717, 1.165) is 25.8 Å². The molecule has 212 valence electrons. The van der Waals surface area contributed by atoms with E-state index < -0.39 is 28.0 Å². The Morgan fingerprint density at radius 2 is 1.03 bits per heavy atom. The van der Waals surface area contributed by atoms with Crippen LogP contribution in [0, 0.1) is 0 Å². The minimum atomic E-state index is -4.54. The lowest BCUT2D eigenvalue weighted by Gasteiger charge is -2.47. The zero-order valence-corrected chi connectivity index (χ0v) is 23.7. The van der Waals surface area contributed by atoms with Crippen LogP contribution < -0.4 is 0 Å². The molecular weight excluding hydrogens is 466 g/mol. The highest BCUT2D eigenvalue weighted by molar-refractivity contribution is 7.85. The van der Waals surface area contributed by atoms with E-state index in [0.29, 0.717) is 36.8 Å². The molecule has 0 fully saturated rings. The smallest absolute Gasteiger partial charge is 0.119 e. The van der Waals surface area contributed by atoms with Gasteiger partial charge in [-0.2, -0.15) is 0 Å². The van der Waals surface area contributed by atoms with Crippen molar-refractivity contribution in [1.82, 2.24) is 0 Å². The lowest BCUT2D eigenvalue weighted by molar-refractivity contribution is -0.955. The fourth-order valence-electron chi connectivity index (χ4n) is 5.57. The third-order valence-electron chi connectivity index (χ3n) is 7.42. The van der Waals surface area contributed by atoms with Crippen LogP contribution >= 0.6 is 0 Å². The maximum atomic E-state index is 11.3. The van der Waals surface area contributed by atoms with Crippen molar-refractivity contribution in [2.45, 2.75) is 135 Å². The average Bonchev–Trinajstić information content (AvgIpc) is 2.80. The van der Waals surface area contributed by atoms with Gasteiger partial charge in [0.05, 0.1) is 35.5 Å². The van der Waals surface area contributed by atoms with Crippen molar-refractivity contribution in [2.75, 3.05) is 38.6 Å². The zero-order valence-electron chi connectivity index (χ0n) is 22.8. The van der Waals surface area contributed by atoms with Crippen LogP contribution in [0.25, 0.3) is 0 Å². The summed E-state index contributed by atoms with van der Waals surface area (Å²) in [5.41, 5.74) is 0. The van der Waals surface area contributed by atoms with Crippen molar-refractivity contribution in [3.05, 3.63) is 0 Å². The number of hydrogen-bond donors (Lipinski definition) is 3. The SMILES string of the molecule is CCCCCCCCCCCCCCCC[N+](CCCO)(CCCO)C(CC)C(O)CS(=O)(=O)[O-]. The van der Waals surface area contributed by atoms with Gasteiger partial charge >= 0.3 is 0 Å². The van der Waals surface area contributed by atoms with Crippen molar-refractivity contribution in [2.24, 2.45) is 0 Å². The molecule has 0 aliphatic carbocycles. The fraction of sp³-hybridized carbons (Fsp3) is 1.00. The van der Waals surface area contributed by atoms with Crippen LogP contribution in [0.15, 0.2) is 0 Å². The van der Waals surface area contributed by atoms with Gasteiger partial charge in [0.15, 0.2) is 0 Å². The molecule has 0 saturated carbocycles. The van der Waals surface area contributed by atoms with E-state index in [2.05, 4.69) is 6.92 Å². The molecule has 0 spiro atoms. The third-order valence-corrected chi connectivity index (χ3v) is 8.17. The van der Waals surface area contributed by atoms with Gasteiger partial charge in [-0.25, -0.2) is 8.42 Å². The summed E-state index contributed by atoms with van der Waals surface area (Å²) in [6.45, 7) is 6.15. The van der Waals surface area contributed by atoms with Crippen molar-refractivity contribution in [3.63, 3.8) is 0 Å². The molecule has 0 aliphatic heterocycles. The van der Waals surface area contributed by atoms with Crippen molar-refractivity contribution >= 4 is 10.1 Å². The molecule has 0 aromatic carbocycles. The number of hydrogen-bond acceptors (Lipinski definition) is 6. The minimum Gasteiger partial charge on any atom is -0.748 e. The van der Waals surface area contributed by atoms with E-state index in [9.17, 15) is 28.3 Å². The Labute approximate surface area is 216 Å². The van der Waals surface area contributed by atoms with Crippen LogP contribution in [0.4, 0.5) is 0 Å². The molecular formula is C27H57NO6S. The summed E-state index contributed by atoms with van der Waals surface area (Å²) in [5, 5.41) is 29.6. The molecule has 0 saturated heterocycles. The molecule has 0 bridgehead atoms. The van der Waals surface area contributed by atoms with Gasteiger partial charge in [-0.05, 0) is 19.3 Å². The van der Waals surface area contributed by atoms with Crippen LogP contribution in [0.1, 0.15) is 123 Å². The zero-order chi connectivity index (χ0) is 26.4. The molecule has 2 unspecified atom stereocenters. The maximum absolute atomic E-state index is 11.3. The molecule has 35 heavy (non-hydrogen) atoms. The molecule has 0 aromatic heterocycles. The van der Waals surface area contributed by atoms with E-state index >= 15 is 0 Å². The van der Waals surface area contributed by atoms with Gasteiger partial charge < -0.3 is 24.4 Å². The van der Waals surface area contributed by atoms with E-state index in [-0.39, 0.29) is 13.2 Å². The number of aliphatic hydroxyl groups is 3. The molecule has 3 N–H and O–H groups in total. The van der Waals surface area contributed by atoms with E-state index in [1.807, 2.05) is 6.92 Å². The molecule has 0 radical (unpaired) electrons. The van der Waals surface area contributed by atoms with Gasteiger partial charge in [-0.3, -0.25) is 0 Å². The second-order valence-electron chi connectivity index (χ2n) is 10.4. The standard InChI is InChI=1S/C27H57NO6S/c1-3-5-6-7-8-9-10-11-12-13-14-15-16-17-20-28(21-18-23-29,22-19-24-30)26(4-2)27(31)25-35(32,33)34/h26-27,29-31H,3-25H2,1-2H3. The Morgan fingerprint density at radius 3 is 1.37 bits per heavy atom. The summed E-state index contributed by atoms with van der Waals surface area (Å²) in [7, 11) is -4.54. The Kier molecular flexibility index (Phi) is 21.6. The van der Waals surface area contributed by atoms with E-state index in [1.54, 1.807) is 0 Å². The number of rotatable bonds is 26. The van der Waals surface area contributed by atoms with E-state index in [4.69, 9.17) is 0 Å². The average molecular weight is 524 g/mol. The molecule has 0 heterocycles. The Morgan fingerprint density at radius 1 is 0.657 bits per heavy atom. The van der Waals surface area contributed by atoms with Crippen LogP contribution in [-0.2, 0) is 10.1 Å². The lowest BCUT2D eigenvalue weighted by atomic mass is 10.00. The molecule has 0 rings (SSSR count). The summed E-state index contributed by atoms with van der Waals surface area (Å²) in [6, 6.07) is -0.404. The first kappa shape index (κ1) is 34.8. The third kappa shape index (κ3) is 17.8. The number of aliphatic hydroxyl groups excluding tert-OH is 3. The van der Waals surface area contributed by atoms with Gasteiger partial charge in [-0.15, -0.1) is 0 Å². The second kappa shape index (κ2) is 21.8. The highest BCUT2D eigenvalue weighted by Crippen LogP contribution is 2.25. The van der Waals surface area contributed by atoms with Crippen LogP contribution in [-0.4, -0.2) is 83.5 Å². The second-order valence-corrected chi connectivity index (χ2v) is 11.9. The van der Waals surface area contributed by atoms with Gasteiger partial charge in [-0.1, -0.05) is 90.9 Å². The van der Waals surface area contributed by atoms with Crippen LogP contribution in [0.2, 0.25) is 0 Å². The van der Waals surface area contributed by atoms with Gasteiger partial charge in [0.25, 0.3) is 0 Å². The molecule has 0 amide bonds. The largest absolute Gasteiger partial charge is 0.748 e. The van der Waals surface area contributed by atoms with Crippen molar-refractivity contribution in [1.29, 1.82) is 0 Å². The molecule has 0 aliphatic rings. The minimum absolute atomic E-state index is 0.0181. The monoisotopic (exact) mass is 523 g/mol. The first-order chi connectivity index (χ1) is 16.8. The summed E-state index contributed by atoms with van der Waals surface area (Å²) in [4.78, 5) is 0. The first-order valence-electron chi connectivity index (χ1n) is 14.5. The summed E-state index contributed by atoms with van der Waals surface area (Å²) in [5.74, 6) is -0.789. The van der Waals surface area contributed by atoms with Gasteiger partial charge in [0.2, 0.25) is 0 Å². The van der Waals surface area contributed by atoms with Crippen molar-refractivity contribution in [3.8, 4) is 0 Å². The number of nitrogens with zero attached hydrogens (tertiary/aromatic N) is 1. The van der Waals surface area contributed by atoms with Crippen LogP contribution in [0.5, 0.6) is 0 Å². The highest BCUT2D eigenvalue weighted by atomic mass is 32.2. The molecule has 8 heteroatoms. The number of quaternary nitrogens is 1. The molecule has 7 nitrogen and oxygen atoms in total. The fourth-order valence-corrected chi connectivity index (χ4v) is 6.21. The molecule has 2 atom stereocenters. The Hall–Kier alpha value is -0.250. The van der Waals surface area contributed by atoms with Gasteiger partial charge in [0.1, 0.15) is 12.1 Å². The number of unbranched alkanes of at least 4 members (excludes halogenated alkanes) is 13. The quantitative estimate of drug-likeness (QED) is 0.0857. The first-order valence-corrected chi connectivity index (χ1v) is 16.0. The summed E-state index contributed by atoms with van der Waals surface area (Å²) < 4.78 is 34.4. The van der Waals surface area contributed by atoms with Gasteiger partial charge in [0, 0.05) is 26.1 Å². The highest BCUT2D eigenvalue weighted by Gasteiger charge is 2.39. The van der Waals surface area contributed by atoms with E-state index in [1.165, 1.54) is 70.6 Å². The molecule has 0 aromatic rings. The summed E-state index contributed by atoms with van der Waals surface area (Å²) in [6.07, 6.45) is 18.2. The lowest BCUT2D eigenvalue weighted by Crippen LogP contribution is -2.62. The Bertz CT molecular complexity index is 564. The van der Waals surface area contributed by atoms with Crippen molar-refractivity contribution < 1.29 is 32.8 Å². The topological polar surface area (TPSA) is 118 Å². The normalized spacial score (nSPS) is 14.3. The summed E-state index contributed by atoms with van der Waals surface area (Å²) >= 11 is 0. The predicted molar refractivity (Wildman–Crippen MR) is 143 cm³/mol. The predicted octanol–water partition coefficient (Wildman–Crippen LogP) is 4.73. The van der Waals surface area contributed by atoms with Crippen LogP contribution in [0.3, 0.4) is 0 Å².